The van der Waals surface area contributed by atoms with E-state index in [1.807, 2.05) is 26.0 Å². The Morgan fingerprint density at radius 2 is 1.75 bits per heavy atom. The maximum Gasteiger partial charge on any atom is 0.223 e. The molecule has 0 bridgehead atoms. The van der Waals surface area contributed by atoms with Gasteiger partial charge >= 0.3 is 0 Å². The van der Waals surface area contributed by atoms with Gasteiger partial charge in [-0.25, -0.2) is 0 Å². The molecule has 84 valence electrons. The van der Waals surface area contributed by atoms with Gasteiger partial charge < -0.3 is 9.26 Å². The van der Waals surface area contributed by atoms with E-state index in [9.17, 15) is 0 Å². The summed E-state index contributed by atoms with van der Waals surface area (Å²) in [5.74, 6) is 2.05. The Morgan fingerprint density at radius 1 is 1.12 bits per heavy atom. The number of nitrogens with zero attached hydrogens (tertiary/aromatic N) is 2. The highest BCUT2D eigenvalue weighted by molar-refractivity contribution is 5.65. The first-order valence-electron chi connectivity index (χ1n) is 5.07. The molecule has 0 saturated heterocycles. The van der Waals surface area contributed by atoms with Crippen LogP contribution in [-0.2, 0) is 0 Å². The van der Waals surface area contributed by atoms with Gasteiger partial charge in [-0.2, -0.15) is 4.98 Å². The summed E-state index contributed by atoms with van der Waals surface area (Å²) in [7, 11) is 1.66. The number of rotatable bonds is 2. The molecule has 0 spiro atoms. The summed E-state index contributed by atoms with van der Waals surface area (Å²) in [6.07, 6.45) is 0. The van der Waals surface area contributed by atoms with Crippen LogP contribution in [0.2, 0.25) is 0 Å². The Balaban J connectivity index is 2.57. The van der Waals surface area contributed by atoms with E-state index in [1.54, 1.807) is 14.0 Å². The largest absolute Gasteiger partial charge is 0.497 e. The Hall–Kier alpha value is -1.84. The van der Waals surface area contributed by atoms with Crippen molar-refractivity contribution in [1.29, 1.82) is 0 Å². The zero-order chi connectivity index (χ0) is 11.7. The van der Waals surface area contributed by atoms with Crippen LogP contribution in [-0.4, -0.2) is 17.3 Å². The summed E-state index contributed by atoms with van der Waals surface area (Å²) >= 11 is 0. The van der Waals surface area contributed by atoms with Crippen LogP contribution in [0.3, 0.4) is 0 Å². The lowest BCUT2D eigenvalue weighted by Gasteiger charge is -2.08. The number of benzene rings is 1. The fraction of sp³-hybridized carbons (Fsp3) is 0.333. The van der Waals surface area contributed by atoms with Gasteiger partial charge in [-0.05, 0) is 37.1 Å². The molecule has 16 heavy (non-hydrogen) atoms. The third-order valence-corrected chi connectivity index (χ3v) is 2.49. The van der Waals surface area contributed by atoms with Gasteiger partial charge in [0, 0.05) is 12.5 Å². The summed E-state index contributed by atoms with van der Waals surface area (Å²) in [4.78, 5) is 4.24. The Morgan fingerprint density at radius 3 is 2.19 bits per heavy atom. The van der Waals surface area contributed by atoms with Crippen LogP contribution >= 0.6 is 0 Å². The van der Waals surface area contributed by atoms with Gasteiger partial charge in [0.2, 0.25) is 11.7 Å². The van der Waals surface area contributed by atoms with Crippen molar-refractivity contribution < 1.29 is 9.26 Å². The average Bonchev–Trinajstić information content (AvgIpc) is 2.63. The van der Waals surface area contributed by atoms with Crippen LogP contribution in [0, 0.1) is 20.8 Å². The third kappa shape index (κ3) is 1.78. The first-order chi connectivity index (χ1) is 7.61. The maximum atomic E-state index is 5.21. The topological polar surface area (TPSA) is 48.2 Å². The van der Waals surface area contributed by atoms with Crippen LogP contribution in [0.25, 0.3) is 11.4 Å². The summed E-state index contributed by atoms with van der Waals surface area (Å²) in [6, 6.07) is 3.93. The van der Waals surface area contributed by atoms with E-state index in [0.29, 0.717) is 11.7 Å². The monoisotopic (exact) mass is 218 g/mol. The molecule has 1 aromatic heterocycles. The summed E-state index contributed by atoms with van der Waals surface area (Å²) in [5, 5.41) is 3.94. The van der Waals surface area contributed by atoms with Crippen molar-refractivity contribution in [2.24, 2.45) is 0 Å². The van der Waals surface area contributed by atoms with E-state index in [2.05, 4.69) is 10.1 Å². The van der Waals surface area contributed by atoms with Gasteiger partial charge in [0.15, 0.2) is 0 Å². The minimum absolute atomic E-state index is 0.574. The van der Waals surface area contributed by atoms with E-state index >= 15 is 0 Å². The van der Waals surface area contributed by atoms with Gasteiger partial charge in [-0.3, -0.25) is 0 Å². The first-order valence-corrected chi connectivity index (χ1v) is 5.07. The predicted molar refractivity (Wildman–Crippen MR) is 60.5 cm³/mol. The van der Waals surface area contributed by atoms with Gasteiger partial charge in [-0.15, -0.1) is 0 Å². The normalized spacial score (nSPS) is 10.5. The molecule has 0 radical (unpaired) electrons. The number of aryl methyl sites for hydroxylation is 3. The lowest BCUT2D eigenvalue weighted by Crippen LogP contribution is -1.93. The zero-order valence-electron chi connectivity index (χ0n) is 9.87. The zero-order valence-corrected chi connectivity index (χ0v) is 9.87. The molecule has 0 aliphatic carbocycles. The van der Waals surface area contributed by atoms with Gasteiger partial charge in [-0.1, -0.05) is 5.16 Å². The molecule has 0 saturated carbocycles. The SMILES string of the molecule is COc1cc(C)c(-c2noc(C)n2)c(C)c1. The second-order valence-electron chi connectivity index (χ2n) is 3.77. The van der Waals surface area contributed by atoms with E-state index < -0.39 is 0 Å². The Labute approximate surface area is 94.2 Å². The standard InChI is InChI=1S/C12H14N2O2/c1-7-5-10(15-4)6-8(2)11(7)12-13-9(3)16-14-12/h5-6H,1-4H3. The van der Waals surface area contributed by atoms with Crippen molar-refractivity contribution in [2.75, 3.05) is 7.11 Å². The number of ether oxygens (including phenoxy) is 1. The predicted octanol–water partition coefficient (Wildman–Crippen LogP) is 2.67. The second kappa shape index (κ2) is 3.96. The number of hydrogen-bond donors (Lipinski definition) is 0. The molecular formula is C12H14N2O2. The molecule has 0 aliphatic heterocycles. The Bertz CT molecular complexity index is 494. The molecule has 2 aromatic rings. The molecule has 1 aromatic carbocycles. The quantitative estimate of drug-likeness (QED) is 0.777. The van der Waals surface area contributed by atoms with Crippen molar-refractivity contribution in [2.45, 2.75) is 20.8 Å². The fourth-order valence-corrected chi connectivity index (χ4v) is 1.80. The third-order valence-electron chi connectivity index (χ3n) is 2.49. The Kier molecular flexibility index (Phi) is 2.64. The number of methoxy groups -OCH3 is 1. The molecule has 4 heteroatoms. The second-order valence-corrected chi connectivity index (χ2v) is 3.77. The molecule has 0 N–H and O–H groups in total. The minimum Gasteiger partial charge on any atom is -0.497 e. The lowest BCUT2D eigenvalue weighted by atomic mass is 10.0. The van der Waals surface area contributed by atoms with Gasteiger partial charge in [0.1, 0.15) is 5.75 Å². The molecule has 0 aliphatic rings. The van der Waals surface area contributed by atoms with Crippen molar-refractivity contribution in [1.82, 2.24) is 10.1 Å². The van der Waals surface area contributed by atoms with Crippen LogP contribution in [0.5, 0.6) is 5.75 Å². The number of aromatic nitrogens is 2. The van der Waals surface area contributed by atoms with Crippen LogP contribution in [0.4, 0.5) is 0 Å². The highest BCUT2D eigenvalue weighted by Crippen LogP contribution is 2.28. The molecular weight excluding hydrogens is 204 g/mol. The highest BCUT2D eigenvalue weighted by Gasteiger charge is 2.12. The number of hydrogen-bond acceptors (Lipinski definition) is 4. The highest BCUT2D eigenvalue weighted by atomic mass is 16.5. The molecule has 2 rings (SSSR count). The molecule has 0 amide bonds. The van der Waals surface area contributed by atoms with Crippen molar-refractivity contribution in [3.63, 3.8) is 0 Å². The van der Waals surface area contributed by atoms with E-state index in [4.69, 9.17) is 9.26 Å². The van der Waals surface area contributed by atoms with Crippen LogP contribution in [0.1, 0.15) is 17.0 Å². The van der Waals surface area contributed by atoms with Crippen LogP contribution < -0.4 is 4.74 Å². The van der Waals surface area contributed by atoms with Gasteiger partial charge in [0.05, 0.1) is 7.11 Å². The molecule has 1 heterocycles. The van der Waals surface area contributed by atoms with Crippen molar-refractivity contribution in [3.05, 3.63) is 29.2 Å². The first kappa shape index (κ1) is 10.7. The molecule has 0 unspecified atom stereocenters. The lowest BCUT2D eigenvalue weighted by molar-refractivity contribution is 0.394. The van der Waals surface area contributed by atoms with Crippen molar-refractivity contribution >= 4 is 0 Å². The van der Waals surface area contributed by atoms with Crippen LogP contribution in [0.15, 0.2) is 16.7 Å². The molecule has 4 nitrogen and oxygen atoms in total. The minimum atomic E-state index is 0.574. The summed E-state index contributed by atoms with van der Waals surface area (Å²) in [5.41, 5.74) is 3.17. The van der Waals surface area contributed by atoms with E-state index in [-0.39, 0.29) is 0 Å². The average molecular weight is 218 g/mol. The summed E-state index contributed by atoms with van der Waals surface area (Å²) < 4.78 is 10.2. The van der Waals surface area contributed by atoms with E-state index in [1.165, 1.54) is 0 Å². The fourth-order valence-electron chi connectivity index (χ4n) is 1.80. The van der Waals surface area contributed by atoms with Gasteiger partial charge in [0.25, 0.3) is 0 Å². The summed E-state index contributed by atoms with van der Waals surface area (Å²) in [6.45, 7) is 5.80. The molecule has 0 fully saturated rings. The molecule has 0 atom stereocenters. The van der Waals surface area contributed by atoms with Crippen molar-refractivity contribution in [3.8, 4) is 17.1 Å². The maximum absolute atomic E-state index is 5.21. The smallest absolute Gasteiger partial charge is 0.223 e. The van der Waals surface area contributed by atoms with E-state index in [0.717, 1.165) is 22.4 Å².